The Kier molecular flexibility index (Phi) is 7.75. The average Bonchev–Trinajstić information content (AvgIpc) is 3.93. The molecule has 0 atom stereocenters. The summed E-state index contributed by atoms with van der Waals surface area (Å²) in [6.07, 6.45) is 8.44. The lowest BCUT2D eigenvalue weighted by Crippen LogP contribution is -2.49. The highest BCUT2D eigenvalue weighted by molar-refractivity contribution is 5.94. The van der Waals surface area contributed by atoms with E-state index in [1.165, 1.54) is 16.7 Å². The maximum Gasteiger partial charge on any atom is 0.410 e. The number of carbonyl (C=O) groups is 1. The van der Waals surface area contributed by atoms with Crippen molar-refractivity contribution in [1.82, 2.24) is 24.8 Å². The van der Waals surface area contributed by atoms with Gasteiger partial charge in [-0.05, 0) is 53.1 Å². The van der Waals surface area contributed by atoms with Gasteiger partial charge in [0.05, 0.1) is 24.9 Å². The van der Waals surface area contributed by atoms with Crippen molar-refractivity contribution in [3.05, 3.63) is 113 Å². The normalized spacial score (nSPS) is 16.8. The highest BCUT2D eigenvalue weighted by atomic mass is 16.6. The summed E-state index contributed by atoms with van der Waals surface area (Å²) in [6.45, 7) is 4.32. The molecule has 2 aliphatic heterocycles. The molecule has 8 rings (SSSR count). The molecule has 1 saturated carbocycles. The smallest absolute Gasteiger partial charge is 0.410 e. The first-order chi connectivity index (χ1) is 22.7. The topological polar surface area (TPSA) is 93.6 Å². The van der Waals surface area contributed by atoms with Crippen molar-refractivity contribution in [3.63, 3.8) is 0 Å². The first-order valence-electron chi connectivity index (χ1n) is 16.2. The number of fused-ring (bicyclic) bond motifs is 1. The SMILES string of the molecule is O=C(OCc1ccccc1)N1CCN(c2nc(-c3ccnc(Cc4ccc(C5COC5)cc4)c3)nc3cncc(C4CC4)c23)CC1. The molecule has 5 aromatic rings. The van der Waals surface area contributed by atoms with Gasteiger partial charge in [0, 0.05) is 67.6 Å². The second kappa shape index (κ2) is 12.5. The second-order valence-corrected chi connectivity index (χ2v) is 12.5. The standard InChI is InChI=1S/C37H36N6O3/c44-37(46-22-26-4-2-1-3-5-26)43-16-14-42(15-17-43)36-34-32(28-10-11-28)20-38-21-33(34)40-35(41-36)29-12-13-39-31(19-29)18-25-6-8-27(9-7-25)30-23-45-24-30/h1-9,12-13,19-21,28,30H,10-11,14-18,22-24H2. The second-order valence-electron chi connectivity index (χ2n) is 12.5. The Balaban J connectivity index is 1.04. The van der Waals surface area contributed by atoms with Crippen LogP contribution in [0.25, 0.3) is 22.3 Å². The number of hydrogen-bond acceptors (Lipinski definition) is 8. The van der Waals surface area contributed by atoms with Crippen LogP contribution in [0, 0.1) is 0 Å². The Morgan fingerprint density at radius 2 is 1.67 bits per heavy atom. The number of aromatic nitrogens is 4. The molecule has 232 valence electrons. The van der Waals surface area contributed by atoms with Gasteiger partial charge in [0.1, 0.15) is 12.4 Å². The van der Waals surface area contributed by atoms with Crippen molar-refractivity contribution < 1.29 is 14.3 Å². The number of hydrogen-bond donors (Lipinski definition) is 0. The lowest BCUT2D eigenvalue weighted by molar-refractivity contribution is 0.00842. The molecule has 0 bridgehead atoms. The van der Waals surface area contributed by atoms with E-state index in [9.17, 15) is 4.79 Å². The number of ether oxygens (including phenoxy) is 2. The molecule has 3 fully saturated rings. The number of nitrogens with zero attached hydrogens (tertiary/aromatic N) is 6. The Morgan fingerprint density at radius 3 is 2.41 bits per heavy atom. The van der Waals surface area contributed by atoms with Crippen molar-refractivity contribution in [2.45, 2.75) is 37.7 Å². The van der Waals surface area contributed by atoms with Gasteiger partial charge < -0.3 is 19.3 Å². The summed E-state index contributed by atoms with van der Waals surface area (Å²) in [5.74, 6) is 2.58. The van der Waals surface area contributed by atoms with Crippen molar-refractivity contribution in [2.75, 3.05) is 44.3 Å². The Hall–Kier alpha value is -4.89. The molecule has 46 heavy (non-hydrogen) atoms. The zero-order valence-corrected chi connectivity index (χ0v) is 25.7. The highest BCUT2D eigenvalue weighted by Crippen LogP contribution is 2.45. The maximum atomic E-state index is 12.9. The van der Waals surface area contributed by atoms with Crippen LogP contribution in [0.2, 0.25) is 0 Å². The van der Waals surface area contributed by atoms with Gasteiger partial charge in [0.25, 0.3) is 0 Å². The highest BCUT2D eigenvalue weighted by Gasteiger charge is 2.31. The van der Waals surface area contributed by atoms with E-state index < -0.39 is 0 Å². The number of carbonyl (C=O) groups excluding carboxylic acids is 1. The molecule has 1 aliphatic carbocycles. The molecule has 0 N–H and O–H groups in total. The van der Waals surface area contributed by atoms with Gasteiger partial charge in [-0.1, -0.05) is 54.6 Å². The average molecular weight is 613 g/mol. The molecule has 2 saturated heterocycles. The van der Waals surface area contributed by atoms with Crippen LogP contribution in [0.1, 0.15) is 52.6 Å². The van der Waals surface area contributed by atoms with Crippen LogP contribution in [0.3, 0.4) is 0 Å². The molecular formula is C37H36N6O3. The first kappa shape index (κ1) is 28.6. The van der Waals surface area contributed by atoms with E-state index in [1.54, 1.807) is 4.90 Å². The predicted molar refractivity (Wildman–Crippen MR) is 176 cm³/mol. The minimum absolute atomic E-state index is 0.271. The molecule has 5 heterocycles. The third-order valence-corrected chi connectivity index (χ3v) is 9.23. The minimum atomic E-state index is -0.282. The van der Waals surface area contributed by atoms with Gasteiger partial charge in [0.2, 0.25) is 0 Å². The summed E-state index contributed by atoms with van der Waals surface area (Å²) in [6, 6.07) is 22.6. The molecule has 0 spiro atoms. The number of amides is 1. The van der Waals surface area contributed by atoms with Gasteiger partial charge in [-0.3, -0.25) is 9.97 Å². The Morgan fingerprint density at radius 1 is 0.870 bits per heavy atom. The largest absolute Gasteiger partial charge is 0.445 e. The van der Waals surface area contributed by atoms with E-state index in [4.69, 9.17) is 19.4 Å². The van der Waals surface area contributed by atoms with Crippen LogP contribution in [-0.2, 0) is 22.5 Å². The molecule has 2 aromatic carbocycles. The van der Waals surface area contributed by atoms with E-state index in [0.717, 1.165) is 66.0 Å². The predicted octanol–water partition coefficient (Wildman–Crippen LogP) is 6.13. The fraction of sp³-hybridized carbons (Fsp3) is 0.324. The lowest BCUT2D eigenvalue weighted by atomic mass is 9.96. The summed E-state index contributed by atoms with van der Waals surface area (Å²) in [5, 5.41) is 1.08. The third kappa shape index (κ3) is 6.02. The molecule has 0 unspecified atom stereocenters. The number of anilines is 1. The molecule has 0 radical (unpaired) electrons. The summed E-state index contributed by atoms with van der Waals surface area (Å²) in [4.78, 5) is 36.5. The van der Waals surface area contributed by atoms with Crippen LogP contribution >= 0.6 is 0 Å². The Bertz CT molecular complexity index is 1850. The van der Waals surface area contributed by atoms with Crippen molar-refractivity contribution in [3.8, 4) is 11.4 Å². The van der Waals surface area contributed by atoms with Gasteiger partial charge in [-0.15, -0.1) is 0 Å². The Labute approximate surface area is 268 Å². The molecule has 3 aliphatic rings. The zero-order chi connectivity index (χ0) is 30.9. The van der Waals surface area contributed by atoms with Crippen molar-refractivity contribution in [1.29, 1.82) is 0 Å². The first-order valence-corrected chi connectivity index (χ1v) is 16.2. The van der Waals surface area contributed by atoms with Gasteiger partial charge >= 0.3 is 6.09 Å². The molecule has 9 heteroatoms. The van der Waals surface area contributed by atoms with Crippen LogP contribution in [0.4, 0.5) is 10.6 Å². The summed E-state index contributed by atoms with van der Waals surface area (Å²) < 4.78 is 11.0. The molecule has 9 nitrogen and oxygen atoms in total. The fourth-order valence-corrected chi connectivity index (χ4v) is 6.32. The van der Waals surface area contributed by atoms with Gasteiger partial charge in [-0.25, -0.2) is 14.8 Å². The fourth-order valence-electron chi connectivity index (χ4n) is 6.32. The lowest BCUT2D eigenvalue weighted by Gasteiger charge is -2.35. The summed E-state index contributed by atoms with van der Waals surface area (Å²) in [5.41, 5.74) is 7.49. The molecule has 1 amide bonds. The minimum Gasteiger partial charge on any atom is -0.445 e. The van der Waals surface area contributed by atoms with Crippen LogP contribution < -0.4 is 4.90 Å². The maximum absolute atomic E-state index is 12.9. The van der Waals surface area contributed by atoms with E-state index in [1.807, 2.05) is 55.0 Å². The number of rotatable bonds is 8. The van der Waals surface area contributed by atoms with E-state index in [-0.39, 0.29) is 12.7 Å². The monoisotopic (exact) mass is 612 g/mol. The summed E-state index contributed by atoms with van der Waals surface area (Å²) >= 11 is 0. The van der Waals surface area contributed by atoms with Crippen LogP contribution in [0.5, 0.6) is 0 Å². The van der Waals surface area contributed by atoms with Crippen molar-refractivity contribution in [2.24, 2.45) is 0 Å². The van der Waals surface area contributed by atoms with Gasteiger partial charge in [-0.2, -0.15) is 0 Å². The van der Waals surface area contributed by atoms with Crippen molar-refractivity contribution >= 4 is 22.8 Å². The number of pyridine rings is 2. The number of piperazine rings is 1. The molecule has 3 aromatic heterocycles. The van der Waals surface area contributed by atoms with E-state index in [0.29, 0.717) is 43.8 Å². The van der Waals surface area contributed by atoms with Crippen LogP contribution in [-0.4, -0.2) is 70.3 Å². The quantitative estimate of drug-likeness (QED) is 0.207. The van der Waals surface area contributed by atoms with Crippen LogP contribution in [0.15, 0.2) is 85.3 Å². The van der Waals surface area contributed by atoms with Gasteiger partial charge in [0.15, 0.2) is 5.82 Å². The van der Waals surface area contributed by atoms with E-state index in [2.05, 4.69) is 45.2 Å². The summed E-state index contributed by atoms with van der Waals surface area (Å²) in [7, 11) is 0. The third-order valence-electron chi connectivity index (χ3n) is 9.23. The van der Waals surface area contributed by atoms with E-state index >= 15 is 0 Å². The number of benzene rings is 2. The zero-order valence-electron chi connectivity index (χ0n) is 25.7. The molecular weight excluding hydrogens is 576 g/mol.